The highest BCUT2D eigenvalue weighted by molar-refractivity contribution is 5.09. The van der Waals surface area contributed by atoms with Crippen molar-refractivity contribution in [2.24, 2.45) is 5.84 Å². The minimum Gasteiger partial charge on any atom is -0.465 e. The summed E-state index contributed by atoms with van der Waals surface area (Å²) < 4.78 is 5.56. The first kappa shape index (κ1) is 13.0. The van der Waals surface area contributed by atoms with E-state index in [0.29, 0.717) is 0 Å². The summed E-state index contributed by atoms with van der Waals surface area (Å²) in [5.41, 5.74) is 2.81. The fourth-order valence-electron chi connectivity index (χ4n) is 1.76. The molecule has 3 heteroatoms. The normalized spacial score (nSPS) is 12.6. The lowest BCUT2D eigenvalue weighted by Crippen LogP contribution is -2.27. The molecule has 1 rings (SSSR count). The maximum absolute atomic E-state index is 5.56. The molecular weight excluding hydrogens is 200 g/mol. The molecule has 1 unspecified atom stereocenters. The van der Waals surface area contributed by atoms with Gasteiger partial charge in [0.2, 0.25) is 0 Å². The molecule has 0 saturated heterocycles. The number of hydrazine groups is 1. The standard InChI is InChI=1S/C13H22N2O/c1-3-4-5-6-7-8-12(15-14)13-10-9-11(2)16-13/h3,9-10,12,15H,1,4-8,14H2,2H3. The molecule has 0 bridgehead atoms. The third-order valence-electron chi connectivity index (χ3n) is 2.71. The van der Waals surface area contributed by atoms with Gasteiger partial charge in [-0.05, 0) is 38.3 Å². The van der Waals surface area contributed by atoms with Crippen molar-refractivity contribution in [3.63, 3.8) is 0 Å². The number of hydrogen-bond acceptors (Lipinski definition) is 3. The number of unbranched alkanes of at least 4 members (excludes halogenated alkanes) is 3. The molecule has 16 heavy (non-hydrogen) atoms. The molecule has 0 aromatic carbocycles. The van der Waals surface area contributed by atoms with Gasteiger partial charge in [0.25, 0.3) is 0 Å². The van der Waals surface area contributed by atoms with Crippen molar-refractivity contribution in [2.45, 2.75) is 45.1 Å². The van der Waals surface area contributed by atoms with Gasteiger partial charge in [0, 0.05) is 0 Å². The molecule has 1 atom stereocenters. The summed E-state index contributed by atoms with van der Waals surface area (Å²) in [6.45, 7) is 5.66. The molecular formula is C13H22N2O. The summed E-state index contributed by atoms with van der Waals surface area (Å²) in [6.07, 6.45) is 7.65. The SMILES string of the molecule is C=CCCCCCC(NN)c1ccc(C)o1. The van der Waals surface area contributed by atoms with Gasteiger partial charge in [-0.25, -0.2) is 5.43 Å². The highest BCUT2D eigenvalue weighted by Gasteiger charge is 2.12. The van der Waals surface area contributed by atoms with E-state index < -0.39 is 0 Å². The average Bonchev–Trinajstić information content (AvgIpc) is 2.70. The third kappa shape index (κ3) is 4.21. The molecule has 0 spiro atoms. The van der Waals surface area contributed by atoms with Crippen molar-refractivity contribution < 1.29 is 4.42 Å². The van der Waals surface area contributed by atoms with E-state index in [2.05, 4.69) is 12.0 Å². The molecule has 0 aliphatic heterocycles. The maximum Gasteiger partial charge on any atom is 0.122 e. The second kappa shape index (κ2) is 7.25. The van der Waals surface area contributed by atoms with Crippen LogP contribution in [0.15, 0.2) is 29.2 Å². The van der Waals surface area contributed by atoms with E-state index >= 15 is 0 Å². The van der Waals surface area contributed by atoms with E-state index in [1.807, 2.05) is 25.1 Å². The molecule has 0 aliphatic carbocycles. The van der Waals surface area contributed by atoms with Crippen molar-refractivity contribution in [1.29, 1.82) is 0 Å². The maximum atomic E-state index is 5.56. The van der Waals surface area contributed by atoms with Gasteiger partial charge >= 0.3 is 0 Å². The van der Waals surface area contributed by atoms with Crippen LogP contribution in [-0.4, -0.2) is 0 Å². The lowest BCUT2D eigenvalue weighted by molar-refractivity contribution is 0.380. The number of nitrogens with two attached hydrogens (primary N) is 1. The molecule has 90 valence electrons. The monoisotopic (exact) mass is 222 g/mol. The van der Waals surface area contributed by atoms with E-state index in [0.717, 1.165) is 30.8 Å². The summed E-state index contributed by atoms with van der Waals surface area (Å²) in [4.78, 5) is 0. The van der Waals surface area contributed by atoms with Crippen molar-refractivity contribution in [3.8, 4) is 0 Å². The van der Waals surface area contributed by atoms with E-state index in [4.69, 9.17) is 10.3 Å². The van der Waals surface area contributed by atoms with Gasteiger partial charge in [0.1, 0.15) is 11.5 Å². The van der Waals surface area contributed by atoms with E-state index in [1.54, 1.807) is 0 Å². The Labute approximate surface area is 97.7 Å². The van der Waals surface area contributed by atoms with E-state index in [1.165, 1.54) is 12.8 Å². The van der Waals surface area contributed by atoms with Crippen LogP contribution in [0.2, 0.25) is 0 Å². The first-order chi connectivity index (χ1) is 7.77. The molecule has 0 amide bonds. The predicted molar refractivity (Wildman–Crippen MR) is 66.8 cm³/mol. The van der Waals surface area contributed by atoms with Crippen LogP contribution in [0.3, 0.4) is 0 Å². The number of furan rings is 1. The van der Waals surface area contributed by atoms with Crippen LogP contribution in [0.25, 0.3) is 0 Å². The van der Waals surface area contributed by atoms with Crippen molar-refractivity contribution >= 4 is 0 Å². The summed E-state index contributed by atoms with van der Waals surface area (Å²) in [7, 11) is 0. The first-order valence-corrected chi connectivity index (χ1v) is 5.91. The van der Waals surface area contributed by atoms with Gasteiger partial charge in [0.15, 0.2) is 0 Å². The molecule has 3 nitrogen and oxygen atoms in total. The molecule has 3 N–H and O–H groups in total. The van der Waals surface area contributed by atoms with Gasteiger partial charge in [-0.15, -0.1) is 6.58 Å². The molecule has 0 fully saturated rings. The number of nitrogens with one attached hydrogen (secondary N) is 1. The lowest BCUT2D eigenvalue weighted by Gasteiger charge is -2.12. The van der Waals surface area contributed by atoms with Crippen LogP contribution < -0.4 is 11.3 Å². The smallest absolute Gasteiger partial charge is 0.122 e. The second-order valence-corrected chi connectivity index (χ2v) is 4.09. The predicted octanol–water partition coefficient (Wildman–Crippen LogP) is 3.23. The van der Waals surface area contributed by atoms with Crippen LogP contribution in [0, 0.1) is 6.92 Å². The Morgan fingerprint density at radius 1 is 1.44 bits per heavy atom. The van der Waals surface area contributed by atoms with Crippen molar-refractivity contribution in [3.05, 3.63) is 36.3 Å². The fraction of sp³-hybridized carbons (Fsp3) is 0.538. The summed E-state index contributed by atoms with van der Waals surface area (Å²) in [5.74, 6) is 7.40. The van der Waals surface area contributed by atoms with E-state index in [-0.39, 0.29) is 6.04 Å². The zero-order valence-corrected chi connectivity index (χ0v) is 10.0. The Balaban J connectivity index is 2.29. The third-order valence-corrected chi connectivity index (χ3v) is 2.71. The Kier molecular flexibility index (Phi) is 5.90. The first-order valence-electron chi connectivity index (χ1n) is 5.91. The Morgan fingerprint density at radius 2 is 2.25 bits per heavy atom. The number of allylic oxidation sites excluding steroid dienone is 1. The van der Waals surface area contributed by atoms with E-state index in [9.17, 15) is 0 Å². The number of aryl methyl sites for hydroxylation is 1. The highest BCUT2D eigenvalue weighted by atomic mass is 16.3. The minimum absolute atomic E-state index is 0.137. The second-order valence-electron chi connectivity index (χ2n) is 4.09. The van der Waals surface area contributed by atoms with Gasteiger partial charge in [-0.3, -0.25) is 5.84 Å². The zero-order chi connectivity index (χ0) is 11.8. The topological polar surface area (TPSA) is 51.2 Å². The molecule has 0 saturated carbocycles. The number of hydrogen-bond donors (Lipinski definition) is 2. The highest BCUT2D eigenvalue weighted by Crippen LogP contribution is 2.21. The summed E-state index contributed by atoms with van der Waals surface area (Å²) >= 11 is 0. The van der Waals surface area contributed by atoms with Crippen LogP contribution >= 0.6 is 0 Å². The lowest BCUT2D eigenvalue weighted by atomic mass is 10.1. The van der Waals surface area contributed by atoms with Crippen LogP contribution in [0.5, 0.6) is 0 Å². The van der Waals surface area contributed by atoms with Gasteiger partial charge < -0.3 is 4.42 Å². The Morgan fingerprint density at radius 3 is 2.81 bits per heavy atom. The van der Waals surface area contributed by atoms with Crippen LogP contribution in [-0.2, 0) is 0 Å². The summed E-state index contributed by atoms with van der Waals surface area (Å²) in [6, 6.07) is 4.10. The Hall–Kier alpha value is -1.06. The molecule has 1 aromatic rings. The van der Waals surface area contributed by atoms with Crippen molar-refractivity contribution in [2.75, 3.05) is 0 Å². The molecule has 0 radical (unpaired) electrons. The van der Waals surface area contributed by atoms with Crippen molar-refractivity contribution in [1.82, 2.24) is 5.43 Å². The molecule has 1 heterocycles. The quantitative estimate of drug-likeness (QED) is 0.307. The summed E-state index contributed by atoms with van der Waals surface area (Å²) in [5, 5.41) is 0. The zero-order valence-electron chi connectivity index (χ0n) is 10.0. The van der Waals surface area contributed by atoms with Crippen LogP contribution in [0.4, 0.5) is 0 Å². The van der Waals surface area contributed by atoms with Gasteiger partial charge in [-0.2, -0.15) is 0 Å². The van der Waals surface area contributed by atoms with Crippen LogP contribution in [0.1, 0.15) is 49.7 Å². The number of rotatable bonds is 8. The molecule has 0 aliphatic rings. The largest absolute Gasteiger partial charge is 0.465 e. The Bertz CT molecular complexity index is 307. The molecule has 1 aromatic heterocycles. The minimum atomic E-state index is 0.137. The average molecular weight is 222 g/mol. The van der Waals surface area contributed by atoms with Gasteiger partial charge in [0.05, 0.1) is 6.04 Å². The van der Waals surface area contributed by atoms with Gasteiger partial charge in [-0.1, -0.05) is 18.9 Å². The fourth-order valence-corrected chi connectivity index (χ4v) is 1.76.